The first-order valence-corrected chi connectivity index (χ1v) is 5.20. The molecule has 0 saturated carbocycles. The Bertz CT molecular complexity index is 142. The van der Waals surface area contributed by atoms with Crippen LogP contribution in [0.1, 0.15) is 27.2 Å². The molecule has 1 heterocycles. The van der Waals surface area contributed by atoms with Gasteiger partial charge in [0.25, 0.3) is 0 Å². The van der Waals surface area contributed by atoms with Crippen LogP contribution in [-0.2, 0) is 4.74 Å². The van der Waals surface area contributed by atoms with Crippen LogP contribution in [-0.4, -0.2) is 37.9 Å². The third-order valence-corrected chi connectivity index (χ3v) is 2.71. The summed E-state index contributed by atoms with van der Waals surface area (Å²) in [7, 11) is 0. The lowest BCUT2D eigenvalue weighted by atomic mass is 10.0. The fraction of sp³-hybridized carbons (Fsp3) is 1.00. The molecule has 0 aliphatic carbocycles. The molecule has 2 N–H and O–H groups in total. The molecule has 1 fully saturated rings. The van der Waals surface area contributed by atoms with Gasteiger partial charge in [0.1, 0.15) is 0 Å². The smallest absolute Gasteiger partial charge is 0.0632 e. The van der Waals surface area contributed by atoms with E-state index in [1.165, 1.54) is 0 Å². The molecule has 1 rings (SSSR count). The summed E-state index contributed by atoms with van der Waals surface area (Å²) in [6.07, 6.45) is 1.15. The predicted octanol–water partition coefficient (Wildman–Crippen LogP) is 0.753. The number of hydrogen-bond donors (Lipinski definition) is 2. The van der Waals surface area contributed by atoms with Crippen molar-refractivity contribution in [2.45, 2.75) is 38.8 Å². The van der Waals surface area contributed by atoms with Crippen molar-refractivity contribution in [3.05, 3.63) is 0 Å². The van der Waals surface area contributed by atoms with E-state index in [-0.39, 0.29) is 5.54 Å². The Kier molecular flexibility index (Phi) is 4.16. The Morgan fingerprint density at radius 1 is 1.54 bits per heavy atom. The molecule has 13 heavy (non-hydrogen) atoms. The fourth-order valence-corrected chi connectivity index (χ4v) is 1.28. The van der Waals surface area contributed by atoms with Crippen molar-refractivity contribution in [2.75, 3.05) is 26.3 Å². The van der Waals surface area contributed by atoms with Crippen LogP contribution in [0.3, 0.4) is 0 Å². The number of ether oxygens (including phenoxy) is 1. The summed E-state index contributed by atoms with van der Waals surface area (Å²) < 4.78 is 5.38. The molecule has 1 unspecified atom stereocenters. The molecule has 1 saturated heterocycles. The lowest BCUT2D eigenvalue weighted by Gasteiger charge is -2.30. The van der Waals surface area contributed by atoms with E-state index in [0.29, 0.717) is 6.04 Å². The molecule has 0 bridgehead atoms. The van der Waals surface area contributed by atoms with Gasteiger partial charge in [-0.3, -0.25) is 0 Å². The Labute approximate surface area is 81.2 Å². The fourth-order valence-electron chi connectivity index (χ4n) is 1.28. The molecule has 0 aromatic rings. The topological polar surface area (TPSA) is 33.3 Å². The number of morpholine rings is 1. The molecule has 1 atom stereocenters. The third-order valence-electron chi connectivity index (χ3n) is 2.71. The molecule has 3 heteroatoms. The molecule has 0 aromatic carbocycles. The third kappa shape index (κ3) is 4.07. The predicted molar refractivity (Wildman–Crippen MR) is 55.0 cm³/mol. The van der Waals surface area contributed by atoms with Crippen molar-refractivity contribution in [3.8, 4) is 0 Å². The van der Waals surface area contributed by atoms with Gasteiger partial charge in [-0.1, -0.05) is 6.92 Å². The second-order valence-electron chi connectivity index (χ2n) is 4.34. The summed E-state index contributed by atoms with van der Waals surface area (Å²) in [4.78, 5) is 0. The average Bonchev–Trinajstić information content (AvgIpc) is 2.17. The van der Waals surface area contributed by atoms with Gasteiger partial charge >= 0.3 is 0 Å². The van der Waals surface area contributed by atoms with Crippen LogP contribution in [0, 0.1) is 0 Å². The van der Waals surface area contributed by atoms with Gasteiger partial charge in [0.15, 0.2) is 0 Å². The number of hydrogen-bond acceptors (Lipinski definition) is 3. The van der Waals surface area contributed by atoms with Gasteiger partial charge in [-0.25, -0.2) is 0 Å². The van der Waals surface area contributed by atoms with Crippen molar-refractivity contribution in [3.63, 3.8) is 0 Å². The average molecular weight is 186 g/mol. The maximum absolute atomic E-state index is 5.38. The van der Waals surface area contributed by atoms with E-state index in [0.717, 1.165) is 32.7 Å². The van der Waals surface area contributed by atoms with E-state index in [9.17, 15) is 0 Å². The Balaban J connectivity index is 2.17. The van der Waals surface area contributed by atoms with E-state index < -0.39 is 0 Å². The highest BCUT2D eigenvalue weighted by Gasteiger charge is 2.18. The Hall–Kier alpha value is -0.120. The largest absolute Gasteiger partial charge is 0.378 e. The van der Waals surface area contributed by atoms with E-state index in [1.54, 1.807) is 0 Å². The van der Waals surface area contributed by atoms with Crippen LogP contribution >= 0.6 is 0 Å². The van der Waals surface area contributed by atoms with Crippen molar-refractivity contribution in [1.82, 2.24) is 10.6 Å². The maximum atomic E-state index is 5.38. The molecule has 0 aromatic heterocycles. The summed E-state index contributed by atoms with van der Waals surface area (Å²) in [5, 5.41) is 6.96. The minimum absolute atomic E-state index is 0.249. The van der Waals surface area contributed by atoms with Crippen molar-refractivity contribution in [2.24, 2.45) is 0 Å². The quantitative estimate of drug-likeness (QED) is 0.680. The zero-order chi connectivity index (χ0) is 9.73. The van der Waals surface area contributed by atoms with Gasteiger partial charge in [0, 0.05) is 24.7 Å². The summed E-state index contributed by atoms with van der Waals surface area (Å²) >= 11 is 0. The van der Waals surface area contributed by atoms with Crippen LogP contribution in [0.15, 0.2) is 0 Å². The highest BCUT2D eigenvalue weighted by Crippen LogP contribution is 2.06. The molecule has 1 aliphatic heterocycles. The summed E-state index contributed by atoms with van der Waals surface area (Å²) in [5.74, 6) is 0. The lowest BCUT2D eigenvalue weighted by molar-refractivity contribution is 0.0742. The zero-order valence-electron chi connectivity index (χ0n) is 9.02. The van der Waals surface area contributed by atoms with Gasteiger partial charge in [-0.15, -0.1) is 0 Å². The summed E-state index contributed by atoms with van der Waals surface area (Å²) in [6, 6.07) is 0.486. The standard InChI is InChI=1S/C10H22N2O/c1-4-10(2,3)12-7-9-8-13-6-5-11-9/h9,11-12H,4-8H2,1-3H3. The Morgan fingerprint density at radius 2 is 2.31 bits per heavy atom. The second kappa shape index (κ2) is 4.94. The van der Waals surface area contributed by atoms with Crippen LogP contribution < -0.4 is 10.6 Å². The van der Waals surface area contributed by atoms with E-state index >= 15 is 0 Å². The van der Waals surface area contributed by atoms with Crippen LogP contribution in [0.4, 0.5) is 0 Å². The van der Waals surface area contributed by atoms with Gasteiger partial charge < -0.3 is 15.4 Å². The van der Waals surface area contributed by atoms with E-state index in [4.69, 9.17) is 4.74 Å². The number of nitrogens with one attached hydrogen (secondary N) is 2. The summed E-state index contributed by atoms with van der Waals surface area (Å²) in [6.45, 7) is 10.4. The Morgan fingerprint density at radius 3 is 2.85 bits per heavy atom. The molecular weight excluding hydrogens is 164 g/mol. The maximum Gasteiger partial charge on any atom is 0.0632 e. The van der Waals surface area contributed by atoms with Gasteiger partial charge in [0.2, 0.25) is 0 Å². The van der Waals surface area contributed by atoms with Gasteiger partial charge in [0.05, 0.1) is 13.2 Å². The second-order valence-corrected chi connectivity index (χ2v) is 4.34. The first-order valence-electron chi connectivity index (χ1n) is 5.20. The molecular formula is C10H22N2O. The van der Waals surface area contributed by atoms with Crippen molar-refractivity contribution < 1.29 is 4.74 Å². The first kappa shape index (κ1) is 11.0. The van der Waals surface area contributed by atoms with Crippen LogP contribution in [0.25, 0.3) is 0 Å². The normalized spacial score (nSPS) is 24.7. The lowest BCUT2D eigenvalue weighted by Crippen LogP contribution is -2.51. The van der Waals surface area contributed by atoms with Crippen LogP contribution in [0.2, 0.25) is 0 Å². The monoisotopic (exact) mass is 186 g/mol. The van der Waals surface area contributed by atoms with Crippen LogP contribution in [0.5, 0.6) is 0 Å². The van der Waals surface area contributed by atoms with E-state index in [1.807, 2.05) is 0 Å². The zero-order valence-corrected chi connectivity index (χ0v) is 9.02. The molecule has 1 aliphatic rings. The summed E-state index contributed by atoms with van der Waals surface area (Å²) in [5.41, 5.74) is 0.249. The number of rotatable bonds is 4. The van der Waals surface area contributed by atoms with Gasteiger partial charge in [-0.2, -0.15) is 0 Å². The molecule has 78 valence electrons. The van der Waals surface area contributed by atoms with Crippen molar-refractivity contribution >= 4 is 0 Å². The molecule has 0 spiro atoms. The van der Waals surface area contributed by atoms with Crippen molar-refractivity contribution in [1.29, 1.82) is 0 Å². The molecule has 0 amide bonds. The molecule has 3 nitrogen and oxygen atoms in total. The minimum Gasteiger partial charge on any atom is -0.378 e. The first-order chi connectivity index (χ1) is 6.14. The highest BCUT2D eigenvalue weighted by molar-refractivity contribution is 4.80. The molecule has 0 radical (unpaired) electrons. The SMILES string of the molecule is CCC(C)(C)NCC1COCCN1. The van der Waals surface area contributed by atoms with Gasteiger partial charge in [-0.05, 0) is 20.3 Å². The van der Waals surface area contributed by atoms with E-state index in [2.05, 4.69) is 31.4 Å². The highest BCUT2D eigenvalue weighted by atomic mass is 16.5. The minimum atomic E-state index is 0.249.